The maximum absolute atomic E-state index is 12.8. The number of anilines is 2. The Kier molecular flexibility index (Phi) is 6.67. The lowest BCUT2D eigenvalue weighted by Gasteiger charge is -2.11. The highest BCUT2D eigenvalue weighted by Crippen LogP contribution is 2.29. The molecule has 0 atom stereocenters. The number of oxazole rings is 1. The van der Waals surface area contributed by atoms with Crippen molar-refractivity contribution in [3.05, 3.63) is 58.8 Å². The van der Waals surface area contributed by atoms with Crippen molar-refractivity contribution in [2.24, 2.45) is 0 Å². The number of thioether (sulfide) groups is 1. The Morgan fingerprint density at radius 2 is 2.09 bits per heavy atom. The van der Waals surface area contributed by atoms with Gasteiger partial charge in [-0.2, -0.15) is 0 Å². The lowest BCUT2D eigenvalue weighted by molar-refractivity contribution is -0.380. The lowest BCUT2D eigenvalue weighted by Crippen LogP contribution is -2.13. The monoisotopic (exact) mass is 521 g/mol. The number of nitro groups is 1. The van der Waals surface area contributed by atoms with Crippen LogP contribution in [-0.2, 0) is 14.8 Å². The zero-order chi connectivity index (χ0) is 24.3. The summed E-state index contributed by atoms with van der Waals surface area (Å²) in [4.78, 5) is 30.2. The first-order chi connectivity index (χ1) is 16.2. The van der Waals surface area contributed by atoms with Gasteiger partial charge in [0.25, 0.3) is 15.2 Å². The van der Waals surface area contributed by atoms with Crippen molar-refractivity contribution in [3.8, 4) is 5.75 Å². The molecule has 2 aromatic heterocycles. The van der Waals surface area contributed by atoms with Crippen LogP contribution >= 0.6 is 23.1 Å². The van der Waals surface area contributed by atoms with Crippen LogP contribution in [0.1, 0.15) is 0 Å². The Labute approximate surface area is 200 Å². The molecule has 0 saturated heterocycles. The van der Waals surface area contributed by atoms with Crippen molar-refractivity contribution in [2.45, 2.75) is 10.1 Å². The first kappa shape index (κ1) is 23.5. The molecule has 4 rings (SSSR count). The van der Waals surface area contributed by atoms with Crippen LogP contribution in [0.25, 0.3) is 11.1 Å². The quantitative estimate of drug-likeness (QED) is 0.188. The topological polar surface area (TPSA) is 167 Å². The van der Waals surface area contributed by atoms with Crippen LogP contribution in [0.2, 0.25) is 0 Å². The van der Waals surface area contributed by atoms with E-state index in [4.69, 9.17) is 9.15 Å². The molecule has 1 amide bonds. The Bertz CT molecular complexity index is 1480. The number of rotatable bonds is 9. The molecular weight excluding hydrogens is 506 g/mol. The summed E-state index contributed by atoms with van der Waals surface area (Å²) < 4.78 is 38.9. The third kappa shape index (κ3) is 5.27. The number of carbonyl (C=O) groups is 1. The standard InChI is InChI=1S/C19H15N5O7S3/c1-30-14-5-3-2-4-12(14)23-34(28,29)11-6-7-15-13(8-11)21-19(31-15)32-10-16(25)22-18-20-9-17(33-18)24(26)27/h2-9,23H,10H2,1H3,(H,20,22,25). The molecule has 0 aliphatic rings. The van der Waals surface area contributed by atoms with Gasteiger partial charge < -0.3 is 14.5 Å². The molecule has 0 unspecified atom stereocenters. The van der Waals surface area contributed by atoms with E-state index in [-0.39, 0.29) is 31.7 Å². The van der Waals surface area contributed by atoms with Gasteiger partial charge >= 0.3 is 5.00 Å². The summed E-state index contributed by atoms with van der Waals surface area (Å²) in [6, 6.07) is 10.8. The minimum Gasteiger partial charge on any atom is -0.495 e. The largest absolute Gasteiger partial charge is 0.495 e. The minimum atomic E-state index is -3.93. The molecule has 2 aromatic carbocycles. The molecule has 0 saturated carbocycles. The Morgan fingerprint density at radius 3 is 2.82 bits per heavy atom. The Morgan fingerprint density at radius 1 is 1.29 bits per heavy atom. The van der Waals surface area contributed by atoms with E-state index in [1.807, 2.05) is 0 Å². The fourth-order valence-electron chi connectivity index (χ4n) is 2.74. The van der Waals surface area contributed by atoms with Gasteiger partial charge in [0, 0.05) is 0 Å². The second-order valence-electron chi connectivity index (χ2n) is 6.51. The highest BCUT2D eigenvalue weighted by Gasteiger charge is 2.19. The van der Waals surface area contributed by atoms with Crippen molar-refractivity contribution >= 4 is 65.9 Å². The van der Waals surface area contributed by atoms with E-state index in [1.165, 1.54) is 25.3 Å². The molecule has 2 N–H and O–H groups in total. The number of amides is 1. The molecule has 0 fully saturated rings. The summed E-state index contributed by atoms with van der Waals surface area (Å²) in [6.07, 6.45) is 1.06. The van der Waals surface area contributed by atoms with Gasteiger partial charge in [0.05, 0.1) is 28.4 Å². The fourth-order valence-corrected chi connectivity index (χ4v) is 5.11. The van der Waals surface area contributed by atoms with E-state index < -0.39 is 20.9 Å². The normalized spacial score (nSPS) is 11.3. The van der Waals surface area contributed by atoms with E-state index in [2.05, 4.69) is 20.0 Å². The first-order valence-corrected chi connectivity index (χ1v) is 12.6. The summed E-state index contributed by atoms with van der Waals surface area (Å²) in [5.74, 6) is -0.181. The molecule has 4 aromatic rings. The van der Waals surface area contributed by atoms with Gasteiger partial charge in [0.1, 0.15) is 17.5 Å². The molecular formula is C19H15N5O7S3. The van der Waals surface area contributed by atoms with Crippen molar-refractivity contribution in [1.29, 1.82) is 0 Å². The molecule has 2 heterocycles. The molecule has 0 aliphatic heterocycles. The van der Waals surface area contributed by atoms with Gasteiger partial charge in [0.15, 0.2) is 10.7 Å². The highest BCUT2D eigenvalue weighted by atomic mass is 32.2. The number of nitrogens with one attached hydrogen (secondary N) is 2. The summed E-state index contributed by atoms with van der Waals surface area (Å²) in [5, 5.41) is 13.2. The average Bonchev–Trinajstić information content (AvgIpc) is 3.44. The van der Waals surface area contributed by atoms with Crippen LogP contribution in [0.4, 0.5) is 15.8 Å². The minimum absolute atomic E-state index is 0.0288. The zero-order valence-corrected chi connectivity index (χ0v) is 19.7. The molecule has 15 heteroatoms. The molecule has 176 valence electrons. The summed E-state index contributed by atoms with van der Waals surface area (Å²) in [5.41, 5.74) is 0.925. The van der Waals surface area contributed by atoms with Gasteiger partial charge in [-0.05, 0) is 41.7 Å². The number of nitrogens with zero attached hydrogens (tertiary/aromatic N) is 3. The molecule has 34 heavy (non-hydrogen) atoms. The van der Waals surface area contributed by atoms with Crippen molar-refractivity contribution < 1.29 is 27.3 Å². The van der Waals surface area contributed by atoms with Crippen LogP contribution in [0, 0.1) is 10.1 Å². The second kappa shape index (κ2) is 9.66. The van der Waals surface area contributed by atoms with E-state index in [1.54, 1.807) is 24.3 Å². The van der Waals surface area contributed by atoms with Gasteiger partial charge in [0.2, 0.25) is 5.91 Å². The number of fused-ring (bicyclic) bond motifs is 1. The zero-order valence-electron chi connectivity index (χ0n) is 17.3. The third-order valence-electron chi connectivity index (χ3n) is 4.25. The van der Waals surface area contributed by atoms with Gasteiger partial charge in [-0.15, -0.1) is 0 Å². The molecule has 0 aliphatic carbocycles. The van der Waals surface area contributed by atoms with Crippen LogP contribution in [-0.4, -0.2) is 42.1 Å². The van der Waals surface area contributed by atoms with Crippen LogP contribution < -0.4 is 14.8 Å². The Balaban J connectivity index is 1.44. The van der Waals surface area contributed by atoms with Crippen LogP contribution in [0.5, 0.6) is 5.75 Å². The maximum atomic E-state index is 12.8. The molecule has 12 nitrogen and oxygen atoms in total. The summed E-state index contributed by atoms with van der Waals surface area (Å²) in [7, 11) is -2.49. The fraction of sp³-hybridized carbons (Fsp3) is 0.105. The second-order valence-corrected chi connectivity index (χ2v) is 10.1. The number of ether oxygens (including phenoxy) is 1. The number of benzene rings is 2. The summed E-state index contributed by atoms with van der Waals surface area (Å²) in [6.45, 7) is 0. The van der Waals surface area contributed by atoms with Gasteiger partial charge in [-0.1, -0.05) is 23.9 Å². The predicted octanol–water partition coefficient (Wildman–Crippen LogP) is 3.73. The number of carbonyl (C=O) groups excluding carboxylic acids is 1. The van der Waals surface area contributed by atoms with Crippen LogP contribution in [0.15, 0.2) is 63.2 Å². The van der Waals surface area contributed by atoms with E-state index in [0.717, 1.165) is 29.3 Å². The van der Waals surface area contributed by atoms with E-state index in [0.29, 0.717) is 16.8 Å². The molecule has 0 radical (unpaired) electrons. The third-order valence-corrected chi connectivity index (χ3v) is 7.30. The first-order valence-electron chi connectivity index (χ1n) is 9.34. The van der Waals surface area contributed by atoms with Crippen molar-refractivity contribution in [1.82, 2.24) is 9.97 Å². The molecule has 0 bridgehead atoms. The number of para-hydroxylation sites is 2. The van der Waals surface area contributed by atoms with Crippen molar-refractivity contribution in [2.75, 3.05) is 22.9 Å². The predicted molar refractivity (Wildman–Crippen MR) is 126 cm³/mol. The number of hydrogen-bond acceptors (Lipinski definition) is 11. The van der Waals surface area contributed by atoms with Gasteiger partial charge in [-0.3, -0.25) is 19.6 Å². The SMILES string of the molecule is COc1ccccc1NS(=O)(=O)c1ccc2oc(SCC(=O)Nc3ncc([N+](=O)[O-])s3)nc2c1. The number of hydrogen-bond donors (Lipinski definition) is 2. The number of methoxy groups -OCH3 is 1. The number of sulfonamides is 1. The number of aromatic nitrogens is 2. The van der Waals surface area contributed by atoms with E-state index in [9.17, 15) is 23.3 Å². The smallest absolute Gasteiger partial charge is 0.345 e. The molecule has 0 spiro atoms. The average molecular weight is 522 g/mol. The lowest BCUT2D eigenvalue weighted by atomic mass is 10.3. The van der Waals surface area contributed by atoms with E-state index >= 15 is 0 Å². The van der Waals surface area contributed by atoms with Crippen molar-refractivity contribution in [3.63, 3.8) is 0 Å². The van der Waals surface area contributed by atoms with Crippen LogP contribution in [0.3, 0.4) is 0 Å². The maximum Gasteiger partial charge on any atom is 0.345 e. The highest BCUT2D eigenvalue weighted by molar-refractivity contribution is 7.99. The number of thiazole rings is 1. The summed E-state index contributed by atoms with van der Waals surface area (Å²) >= 11 is 1.72. The van der Waals surface area contributed by atoms with Gasteiger partial charge in [-0.25, -0.2) is 18.4 Å². The Hall–Kier alpha value is -3.69.